The zero-order valence-corrected chi connectivity index (χ0v) is 9.95. The molecular weight excluding hydrogens is 248 g/mol. The van der Waals surface area contributed by atoms with Crippen LogP contribution in [0.15, 0.2) is 42.5 Å². The summed E-state index contributed by atoms with van der Waals surface area (Å²) >= 11 is 0. The second-order valence-corrected chi connectivity index (χ2v) is 3.70. The maximum atomic E-state index is 10.6. The van der Waals surface area contributed by atoms with Gasteiger partial charge in [0, 0.05) is 6.07 Å². The number of aromatic nitrogens is 1. The molecule has 1 aromatic carbocycles. The molecule has 0 bridgehead atoms. The standard InChI is InChI=1S/C12H12N4O3/c13-15-12-6-1-3-9(14-12)8-19-11-5-2-4-10(7-11)16(17)18/h1-7H,8,13H2,(H,14,15). The summed E-state index contributed by atoms with van der Waals surface area (Å²) in [5, 5.41) is 10.6. The van der Waals surface area contributed by atoms with Gasteiger partial charge < -0.3 is 10.2 Å². The van der Waals surface area contributed by atoms with E-state index in [0.29, 0.717) is 17.3 Å². The topological polar surface area (TPSA) is 103 Å². The molecule has 1 heterocycles. The summed E-state index contributed by atoms with van der Waals surface area (Å²) in [5.41, 5.74) is 3.09. The van der Waals surface area contributed by atoms with Crippen molar-refractivity contribution in [3.05, 3.63) is 58.3 Å². The number of nitro benzene ring substituents is 1. The van der Waals surface area contributed by atoms with Crippen molar-refractivity contribution in [1.82, 2.24) is 4.98 Å². The van der Waals surface area contributed by atoms with E-state index >= 15 is 0 Å². The lowest BCUT2D eigenvalue weighted by atomic mass is 10.3. The quantitative estimate of drug-likeness (QED) is 0.483. The second-order valence-electron chi connectivity index (χ2n) is 3.70. The minimum absolute atomic E-state index is 0.0113. The molecule has 2 aromatic rings. The molecule has 0 saturated carbocycles. The smallest absolute Gasteiger partial charge is 0.273 e. The SMILES string of the molecule is NNc1cccc(COc2cccc([N+](=O)[O-])c2)n1. The number of rotatable bonds is 5. The predicted molar refractivity (Wildman–Crippen MR) is 69.5 cm³/mol. The highest BCUT2D eigenvalue weighted by molar-refractivity contribution is 5.38. The summed E-state index contributed by atoms with van der Waals surface area (Å²) in [4.78, 5) is 14.3. The van der Waals surface area contributed by atoms with Crippen molar-refractivity contribution >= 4 is 11.5 Å². The first-order valence-corrected chi connectivity index (χ1v) is 5.49. The average Bonchev–Trinajstić information content (AvgIpc) is 2.45. The number of benzene rings is 1. The zero-order chi connectivity index (χ0) is 13.7. The number of hydrazine groups is 1. The molecular formula is C12H12N4O3. The van der Waals surface area contributed by atoms with Crippen LogP contribution in [0, 0.1) is 10.1 Å². The maximum absolute atomic E-state index is 10.6. The molecule has 98 valence electrons. The second kappa shape index (κ2) is 5.78. The fourth-order valence-electron chi connectivity index (χ4n) is 1.48. The summed E-state index contributed by atoms with van der Waals surface area (Å²) in [6.45, 7) is 0.205. The number of nitrogen functional groups attached to an aromatic ring is 1. The molecule has 0 aliphatic rings. The summed E-state index contributed by atoms with van der Waals surface area (Å²) < 4.78 is 5.45. The summed E-state index contributed by atoms with van der Waals surface area (Å²) in [6, 6.07) is 11.3. The molecule has 7 nitrogen and oxygen atoms in total. The first-order valence-electron chi connectivity index (χ1n) is 5.49. The molecule has 7 heteroatoms. The van der Waals surface area contributed by atoms with Gasteiger partial charge in [-0.05, 0) is 18.2 Å². The van der Waals surface area contributed by atoms with Crippen LogP contribution >= 0.6 is 0 Å². The van der Waals surface area contributed by atoms with Crippen molar-refractivity contribution in [2.24, 2.45) is 5.84 Å². The average molecular weight is 260 g/mol. The molecule has 0 radical (unpaired) electrons. The zero-order valence-electron chi connectivity index (χ0n) is 9.95. The Morgan fingerprint density at radius 1 is 1.32 bits per heavy atom. The van der Waals surface area contributed by atoms with Crippen molar-refractivity contribution in [3.63, 3.8) is 0 Å². The van der Waals surface area contributed by atoms with Gasteiger partial charge in [-0.3, -0.25) is 10.1 Å². The van der Waals surface area contributed by atoms with Gasteiger partial charge in [0.05, 0.1) is 16.7 Å². The lowest BCUT2D eigenvalue weighted by Gasteiger charge is -2.06. The van der Waals surface area contributed by atoms with E-state index in [1.165, 1.54) is 12.1 Å². The molecule has 0 aliphatic heterocycles. The third-order valence-corrected chi connectivity index (χ3v) is 2.37. The van der Waals surface area contributed by atoms with Gasteiger partial charge in [0.25, 0.3) is 5.69 Å². The molecule has 1 aromatic heterocycles. The minimum Gasteiger partial charge on any atom is -0.487 e. The Balaban J connectivity index is 2.05. The number of pyridine rings is 1. The molecule has 0 saturated heterocycles. The highest BCUT2D eigenvalue weighted by Crippen LogP contribution is 2.20. The van der Waals surface area contributed by atoms with Crippen LogP contribution < -0.4 is 16.0 Å². The third kappa shape index (κ3) is 3.39. The Hall–Kier alpha value is -2.67. The molecule has 3 N–H and O–H groups in total. The fourth-order valence-corrected chi connectivity index (χ4v) is 1.48. The van der Waals surface area contributed by atoms with Gasteiger partial charge in [-0.2, -0.15) is 0 Å². The van der Waals surface area contributed by atoms with E-state index in [1.807, 2.05) is 0 Å². The van der Waals surface area contributed by atoms with Crippen LogP contribution in [0.1, 0.15) is 5.69 Å². The number of nitrogens with zero attached hydrogens (tertiary/aromatic N) is 2. The van der Waals surface area contributed by atoms with Crippen LogP contribution in [0.5, 0.6) is 5.75 Å². The van der Waals surface area contributed by atoms with E-state index in [0.717, 1.165) is 0 Å². The highest BCUT2D eigenvalue weighted by Gasteiger charge is 2.06. The van der Waals surface area contributed by atoms with Crippen molar-refractivity contribution in [3.8, 4) is 5.75 Å². The normalized spacial score (nSPS) is 9.95. The van der Waals surface area contributed by atoms with Crippen LogP contribution in [0.4, 0.5) is 11.5 Å². The highest BCUT2D eigenvalue weighted by atomic mass is 16.6. The van der Waals surface area contributed by atoms with Crippen LogP contribution in [0.25, 0.3) is 0 Å². The fraction of sp³-hybridized carbons (Fsp3) is 0.0833. The molecule has 19 heavy (non-hydrogen) atoms. The molecule has 0 fully saturated rings. The van der Waals surface area contributed by atoms with Crippen LogP contribution in [-0.2, 0) is 6.61 Å². The maximum Gasteiger partial charge on any atom is 0.273 e. The van der Waals surface area contributed by atoms with Crippen molar-refractivity contribution in [2.75, 3.05) is 5.43 Å². The van der Waals surface area contributed by atoms with Gasteiger partial charge in [-0.1, -0.05) is 12.1 Å². The van der Waals surface area contributed by atoms with E-state index in [-0.39, 0.29) is 12.3 Å². The Bertz CT molecular complexity index is 589. The Morgan fingerprint density at radius 3 is 2.84 bits per heavy atom. The molecule has 2 rings (SSSR count). The van der Waals surface area contributed by atoms with E-state index in [4.69, 9.17) is 10.6 Å². The lowest BCUT2D eigenvalue weighted by Crippen LogP contribution is -2.09. The van der Waals surface area contributed by atoms with Gasteiger partial charge >= 0.3 is 0 Å². The first kappa shape index (κ1) is 12.8. The van der Waals surface area contributed by atoms with Gasteiger partial charge in [0.15, 0.2) is 0 Å². The Labute approximate surface area is 109 Å². The molecule has 0 aliphatic carbocycles. The van der Waals surface area contributed by atoms with Crippen LogP contribution in [0.2, 0.25) is 0 Å². The van der Waals surface area contributed by atoms with E-state index < -0.39 is 4.92 Å². The van der Waals surface area contributed by atoms with E-state index in [2.05, 4.69) is 10.4 Å². The number of hydrogen-bond acceptors (Lipinski definition) is 6. The number of non-ortho nitro benzene ring substituents is 1. The van der Waals surface area contributed by atoms with Gasteiger partial charge in [0.1, 0.15) is 18.2 Å². The number of anilines is 1. The molecule has 0 spiro atoms. The van der Waals surface area contributed by atoms with Crippen molar-refractivity contribution in [2.45, 2.75) is 6.61 Å². The largest absolute Gasteiger partial charge is 0.487 e. The number of hydrogen-bond donors (Lipinski definition) is 2. The predicted octanol–water partition coefficient (Wildman–Crippen LogP) is 1.85. The minimum atomic E-state index is -0.468. The summed E-state index contributed by atoms with van der Waals surface area (Å²) in [6.07, 6.45) is 0. The summed E-state index contributed by atoms with van der Waals surface area (Å²) in [7, 11) is 0. The van der Waals surface area contributed by atoms with Crippen molar-refractivity contribution in [1.29, 1.82) is 0 Å². The number of nitro groups is 1. The van der Waals surface area contributed by atoms with Gasteiger partial charge in [0.2, 0.25) is 0 Å². The Kier molecular flexibility index (Phi) is 3.89. The number of ether oxygens (including phenoxy) is 1. The Morgan fingerprint density at radius 2 is 2.11 bits per heavy atom. The summed E-state index contributed by atoms with van der Waals surface area (Å²) in [5.74, 6) is 6.20. The van der Waals surface area contributed by atoms with E-state index in [1.54, 1.807) is 30.3 Å². The van der Waals surface area contributed by atoms with Crippen LogP contribution in [-0.4, -0.2) is 9.91 Å². The first-order chi connectivity index (χ1) is 9.19. The number of nitrogens with one attached hydrogen (secondary N) is 1. The number of nitrogens with two attached hydrogens (primary N) is 1. The van der Waals surface area contributed by atoms with Crippen LogP contribution in [0.3, 0.4) is 0 Å². The molecule has 0 unspecified atom stereocenters. The van der Waals surface area contributed by atoms with Gasteiger partial charge in [-0.25, -0.2) is 10.8 Å². The monoisotopic (exact) mass is 260 g/mol. The molecule has 0 amide bonds. The molecule has 0 atom stereocenters. The van der Waals surface area contributed by atoms with Gasteiger partial charge in [-0.15, -0.1) is 0 Å². The van der Waals surface area contributed by atoms with E-state index in [9.17, 15) is 10.1 Å². The third-order valence-electron chi connectivity index (χ3n) is 2.37. The van der Waals surface area contributed by atoms with Crippen molar-refractivity contribution < 1.29 is 9.66 Å². The lowest BCUT2D eigenvalue weighted by molar-refractivity contribution is -0.384.